The Balaban J connectivity index is 1.10. The van der Waals surface area contributed by atoms with Crippen molar-refractivity contribution in [3.05, 3.63) is 82.8 Å². The summed E-state index contributed by atoms with van der Waals surface area (Å²) < 4.78 is 28.8. The van der Waals surface area contributed by atoms with Crippen LogP contribution in [-0.4, -0.2) is 121 Å². The van der Waals surface area contributed by atoms with Crippen LogP contribution < -0.4 is 36.9 Å². The lowest BCUT2D eigenvalue weighted by atomic mass is 9.92. The van der Waals surface area contributed by atoms with Crippen LogP contribution in [0.15, 0.2) is 53.1 Å². The Morgan fingerprint density at radius 2 is 1.58 bits per heavy atom. The van der Waals surface area contributed by atoms with Gasteiger partial charge in [0.05, 0.1) is 49.7 Å². The number of hydrogen-bond donors (Lipinski definition) is 5. The minimum atomic E-state index is -0.670. The first-order valence-electron chi connectivity index (χ1n) is 21.0. The Kier molecular flexibility index (Phi) is 12.5. The topological polar surface area (TPSA) is 267 Å². The number of oxazole rings is 1. The molecule has 0 saturated carbocycles. The number of nitrogens with zero attached hydrogens (tertiary/aromatic N) is 8. The van der Waals surface area contributed by atoms with Crippen LogP contribution in [-0.2, 0) is 35.6 Å². The molecule has 2 aromatic carbocycles. The van der Waals surface area contributed by atoms with Gasteiger partial charge in [0.1, 0.15) is 39.6 Å². The normalized spacial score (nSPS) is 14.9. The number of carbonyl (C=O) groups is 4. The van der Waals surface area contributed by atoms with Gasteiger partial charge in [0.25, 0.3) is 5.91 Å². The van der Waals surface area contributed by atoms with Gasteiger partial charge < -0.3 is 44.5 Å². The minimum absolute atomic E-state index is 0.102. The van der Waals surface area contributed by atoms with E-state index in [0.717, 1.165) is 32.7 Å². The van der Waals surface area contributed by atoms with Crippen molar-refractivity contribution in [3.63, 3.8) is 0 Å². The Bertz CT molecular complexity index is 2770. The summed E-state index contributed by atoms with van der Waals surface area (Å²) in [5.74, 6) is -0.337. The summed E-state index contributed by atoms with van der Waals surface area (Å²) in [4.78, 5) is 67.7. The number of likely N-dealkylation sites (tertiary alicyclic amines) is 1. The monoisotopic (exact) mass is 877 g/mol. The zero-order valence-electron chi connectivity index (χ0n) is 36.1. The molecule has 0 aliphatic carbocycles. The number of nitrogens with two attached hydrogens (primary N) is 2. The molecular weight excluding hydrogens is 827 g/mol. The number of anilines is 2. The second-order valence-electron chi connectivity index (χ2n) is 15.8. The fourth-order valence-corrected chi connectivity index (χ4v) is 8.17. The van der Waals surface area contributed by atoms with E-state index in [4.69, 9.17) is 40.1 Å². The largest absolute Gasteiger partial charge is 0.494 e. The van der Waals surface area contributed by atoms with Gasteiger partial charge in [-0.25, -0.2) is 15.0 Å². The molecule has 4 aromatic heterocycles. The first-order valence-corrected chi connectivity index (χ1v) is 21.0. The second kappa shape index (κ2) is 18.3. The summed E-state index contributed by atoms with van der Waals surface area (Å²) in [5.41, 5.74) is 14.4. The molecule has 1 spiro atoms. The van der Waals surface area contributed by atoms with Gasteiger partial charge in [-0.15, -0.1) is 0 Å². The third-order valence-electron chi connectivity index (χ3n) is 11.1. The lowest BCUT2D eigenvalue weighted by Gasteiger charge is -2.51. The molecule has 2 aliphatic heterocycles. The first kappa shape index (κ1) is 43.5. The molecule has 4 amide bonds. The van der Waals surface area contributed by atoms with E-state index in [1.807, 2.05) is 19.1 Å². The number of benzene rings is 2. The summed E-state index contributed by atoms with van der Waals surface area (Å²) in [5, 5.41) is 13.6. The van der Waals surface area contributed by atoms with Gasteiger partial charge >= 0.3 is 0 Å². The molecule has 0 radical (unpaired) electrons. The minimum Gasteiger partial charge on any atom is -0.494 e. The molecule has 0 bridgehead atoms. The smallest absolute Gasteiger partial charge is 0.276 e. The van der Waals surface area contributed by atoms with Gasteiger partial charge in [0.15, 0.2) is 5.89 Å². The predicted octanol–water partition coefficient (Wildman–Crippen LogP) is 2.55. The molecule has 7 N–H and O–H groups in total. The number of aromatic nitrogens is 7. The summed E-state index contributed by atoms with van der Waals surface area (Å²) >= 11 is 0. The van der Waals surface area contributed by atoms with Crippen LogP contribution >= 0.6 is 0 Å². The number of fused-ring (bicyclic) bond motifs is 2. The molecule has 6 aromatic rings. The summed E-state index contributed by atoms with van der Waals surface area (Å²) in [6, 6.07) is 7.88. The Morgan fingerprint density at radius 3 is 2.17 bits per heavy atom. The number of hydrogen-bond acceptors (Lipinski definition) is 14. The van der Waals surface area contributed by atoms with Crippen molar-refractivity contribution < 1.29 is 37.8 Å². The molecule has 21 heteroatoms. The van der Waals surface area contributed by atoms with Gasteiger partial charge in [-0.2, -0.15) is 5.10 Å². The molecule has 8 rings (SSSR count). The van der Waals surface area contributed by atoms with Crippen molar-refractivity contribution >= 4 is 57.6 Å². The molecule has 2 fully saturated rings. The van der Waals surface area contributed by atoms with E-state index in [-0.39, 0.29) is 48.1 Å². The van der Waals surface area contributed by atoms with E-state index < -0.39 is 23.6 Å². The average Bonchev–Trinajstić information content (AvgIpc) is 4.03. The van der Waals surface area contributed by atoms with E-state index in [1.165, 1.54) is 25.4 Å². The highest BCUT2D eigenvalue weighted by Gasteiger charge is 2.44. The Hall–Kier alpha value is -7.10. The standard InChI is InChI=1S/C43H51N13O8/c1-5-56-32(15-25(2)52-56)40(60)51-42-49-30-16-27(38(44)58)18-33(61-4)36(30)54(42)11-6-7-12-55-37-31(48-41(55)50-35(57)20-29-21-47-26(3)64-29)17-28(39(45)59)19-34(37)62-13-8-10-53-23-43(24-53)22-46-9-14-63-43/h6-7,15-19,21,46H,5,8-14,20,22-24H2,1-4H3,(H2,44,58)(H2,45,59)(H,48,50,57)(H,49,51,60)/b7-6+. The predicted molar refractivity (Wildman–Crippen MR) is 234 cm³/mol. The van der Waals surface area contributed by atoms with Gasteiger partial charge in [-0.3, -0.25) is 39.4 Å². The number of amides is 4. The van der Waals surface area contributed by atoms with Crippen molar-refractivity contribution in [3.8, 4) is 11.5 Å². The van der Waals surface area contributed by atoms with E-state index in [9.17, 15) is 19.2 Å². The number of primary amides is 2. The zero-order valence-corrected chi connectivity index (χ0v) is 36.1. The fraction of sp³-hybridized carbons (Fsp3) is 0.395. The maximum absolute atomic E-state index is 13.7. The van der Waals surface area contributed by atoms with Gasteiger partial charge in [-0.1, -0.05) is 12.2 Å². The van der Waals surface area contributed by atoms with E-state index in [0.29, 0.717) is 82.8 Å². The lowest BCUT2D eigenvalue weighted by Crippen LogP contribution is -2.69. The van der Waals surface area contributed by atoms with Crippen molar-refractivity contribution in [1.29, 1.82) is 0 Å². The second-order valence-corrected chi connectivity index (χ2v) is 15.8. The van der Waals surface area contributed by atoms with Crippen molar-refractivity contribution in [1.82, 2.24) is 44.1 Å². The number of methoxy groups -OCH3 is 1. The molecule has 21 nitrogen and oxygen atoms in total. The number of rotatable bonds is 18. The third-order valence-corrected chi connectivity index (χ3v) is 11.1. The SMILES string of the molecule is CCn1nc(C)cc1C(=O)Nc1nc2cc(C(N)=O)cc(OC)c2n1C/C=C/Cn1c(NC(=O)Cc2cnc(C)o2)nc2cc(C(N)=O)cc(OCCCN3CC4(CNCCO4)C3)c21. The quantitative estimate of drug-likeness (QED) is 0.0614. The van der Waals surface area contributed by atoms with Gasteiger partial charge in [0, 0.05) is 70.4 Å². The van der Waals surface area contributed by atoms with Crippen LogP contribution in [0.4, 0.5) is 11.9 Å². The van der Waals surface area contributed by atoms with Crippen molar-refractivity contribution in [2.45, 2.75) is 58.8 Å². The Morgan fingerprint density at radius 1 is 0.922 bits per heavy atom. The van der Waals surface area contributed by atoms with Crippen LogP contribution in [0.1, 0.15) is 61.9 Å². The number of carbonyl (C=O) groups excluding carboxylic acids is 4. The van der Waals surface area contributed by atoms with Crippen LogP contribution in [0, 0.1) is 13.8 Å². The van der Waals surface area contributed by atoms with E-state index in [1.54, 1.807) is 45.9 Å². The number of ether oxygens (including phenoxy) is 3. The van der Waals surface area contributed by atoms with Gasteiger partial charge in [0.2, 0.25) is 29.6 Å². The number of imidazole rings is 2. The van der Waals surface area contributed by atoms with Crippen molar-refractivity contribution in [2.75, 3.05) is 63.7 Å². The highest BCUT2D eigenvalue weighted by molar-refractivity contribution is 6.04. The average molecular weight is 878 g/mol. The maximum atomic E-state index is 13.7. The third kappa shape index (κ3) is 9.17. The summed E-state index contributed by atoms with van der Waals surface area (Å²) in [7, 11) is 1.46. The first-order chi connectivity index (χ1) is 30.8. The number of morpholine rings is 1. The molecular formula is C43H51N13O8. The summed E-state index contributed by atoms with van der Waals surface area (Å²) in [6.45, 7) is 11.4. The van der Waals surface area contributed by atoms with Crippen LogP contribution in [0.25, 0.3) is 22.1 Å². The maximum Gasteiger partial charge on any atom is 0.276 e. The fourth-order valence-electron chi connectivity index (χ4n) is 8.17. The Labute approximate surface area is 367 Å². The summed E-state index contributed by atoms with van der Waals surface area (Å²) in [6.07, 6.45) is 5.78. The highest BCUT2D eigenvalue weighted by atomic mass is 16.5. The number of allylic oxidation sites excluding steroid dienone is 2. The molecule has 2 aliphatic rings. The molecule has 0 atom stereocenters. The van der Waals surface area contributed by atoms with Crippen LogP contribution in [0.2, 0.25) is 0 Å². The lowest BCUT2D eigenvalue weighted by molar-refractivity contribution is -0.156. The van der Waals surface area contributed by atoms with E-state index in [2.05, 4.69) is 30.9 Å². The number of nitrogens with one attached hydrogen (secondary N) is 3. The highest BCUT2D eigenvalue weighted by Crippen LogP contribution is 2.33. The molecule has 64 heavy (non-hydrogen) atoms. The van der Waals surface area contributed by atoms with Crippen molar-refractivity contribution in [2.24, 2.45) is 11.5 Å². The number of aryl methyl sites for hydroxylation is 3. The van der Waals surface area contributed by atoms with Crippen LogP contribution in [0.3, 0.4) is 0 Å². The molecule has 2 saturated heterocycles. The van der Waals surface area contributed by atoms with Crippen LogP contribution in [0.5, 0.6) is 11.5 Å². The zero-order chi connectivity index (χ0) is 45.1. The molecule has 336 valence electrons. The molecule has 0 unspecified atom stereocenters. The van der Waals surface area contributed by atoms with E-state index >= 15 is 0 Å². The molecule has 6 heterocycles. The van der Waals surface area contributed by atoms with Gasteiger partial charge in [-0.05, 0) is 50.6 Å².